The van der Waals surface area contributed by atoms with Crippen molar-refractivity contribution >= 4 is 60.6 Å². The average molecular weight is 411 g/mol. The van der Waals surface area contributed by atoms with Crippen LogP contribution in [0.1, 0.15) is 9.67 Å². The second kappa shape index (κ2) is 6.19. The summed E-state index contributed by atoms with van der Waals surface area (Å²) in [4.78, 5) is 12.5. The number of hydrogen-bond donors (Lipinski definition) is 0. The smallest absolute Gasteiger partial charge is 0.210 e. The number of para-hydroxylation sites is 1. The number of thiophene rings is 1. The standard InChI is InChI=1S/C12H7Br2ClO2S/c13-7-2-1-3-8(14)12(7)17-6-9(16)10-4-5-11(15)18-10/h1-5H,6H2. The molecule has 6 heteroatoms. The molecule has 0 saturated heterocycles. The minimum Gasteiger partial charge on any atom is -0.483 e. The Kier molecular flexibility index (Phi) is 4.84. The van der Waals surface area contributed by atoms with E-state index in [1.807, 2.05) is 18.2 Å². The SMILES string of the molecule is O=C(COc1c(Br)cccc1Br)c1ccc(Cl)s1. The molecule has 18 heavy (non-hydrogen) atoms. The van der Waals surface area contributed by atoms with E-state index in [1.165, 1.54) is 11.3 Å². The molecule has 94 valence electrons. The van der Waals surface area contributed by atoms with Gasteiger partial charge in [-0.15, -0.1) is 11.3 Å². The normalized spacial score (nSPS) is 10.4. The summed E-state index contributed by atoms with van der Waals surface area (Å²) in [5, 5.41) is 0. The van der Waals surface area contributed by atoms with E-state index in [4.69, 9.17) is 16.3 Å². The number of rotatable bonds is 4. The Morgan fingerprint density at radius 3 is 2.44 bits per heavy atom. The molecular formula is C12H7Br2ClO2S. The van der Waals surface area contributed by atoms with Gasteiger partial charge in [0.05, 0.1) is 18.2 Å². The average Bonchev–Trinajstić information content (AvgIpc) is 2.75. The fourth-order valence-electron chi connectivity index (χ4n) is 1.29. The molecule has 2 rings (SSSR count). The van der Waals surface area contributed by atoms with Gasteiger partial charge in [0, 0.05) is 0 Å². The van der Waals surface area contributed by atoms with Crippen molar-refractivity contribution in [3.63, 3.8) is 0 Å². The van der Waals surface area contributed by atoms with E-state index in [-0.39, 0.29) is 12.4 Å². The van der Waals surface area contributed by atoms with Crippen molar-refractivity contribution in [3.8, 4) is 5.75 Å². The summed E-state index contributed by atoms with van der Waals surface area (Å²) in [6, 6.07) is 8.99. The van der Waals surface area contributed by atoms with Crippen LogP contribution in [-0.2, 0) is 0 Å². The highest BCUT2D eigenvalue weighted by molar-refractivity contribution is 9.11. The fourth-order valence-corrected chi connectivity index (χ4v) is 3.49. The molecule has 0 N–H and O–H groups in total. The molecule has 1 aromatic carbocycles. The topological polar surface area (TPSA) is 26.3 Å². The van der Waals surface area contributed by atoms with Crippen LogP contribution in [0.2, 0.25) is 4.34 Å². The predicted molar refractivity (Wildman–Crippen MR) is 81.0 cm³/mol. The van der Waals surface area contributed by atoms with Crippen LogP contribution in [0.5, 0.6) is 5.75 Å². The highest BCUT2D eigenvalue weighted by atomic mass is 79.9. The Labute approximate surface area is 130 Å². The van der Waals surface area contributed by atoms with Crippen molar-refractivity contribution in [1.82, 2.24) is 0 Å². The van der Waals surface area contributed by atoms with Crippen molar-refractivity contribution in [1.29, 1.82) is 0 Å². The van der Waals surface area contributed by atoms with Crippen LogP contribution in [0.25, 0.3) is 0 Å². The molecule has 0 spiro atoms. The number of ketones is 1. The summed E-state index contributed by atoms with van der Waals surface area (Å²) in [5.41, 5.74) is 0. The van der Waals surface area contributed by atoms with Gasteiger partial charge in [-0.2, -0.15) is 0 Å². The zero-order chi connectivity index (χ0) is 13.1. The van der Waals surface area contributed by atoms with Gasteiger partial charge in [-0.3, -0.25) is 4.79 Å². The lowest BCUT2D eigenvalue weighted by Gasteiger charge is -2.08. The summed E-state index contributed by atoms with van der Waals surface area (Å²) >= 11 is 13.8. The third-order valence-electron chi connectivity index (χ3n) is 2.11. The van der Waals surface area contributed by atoms with Gasteiger partial charge in [-0.05, 0) is 56.1 Å². The summed E-state index contributed by atoms with van der Waals surface area (Å²) in [6.45, 7) is -0.0158. The molecule has 0 atom stereocenters. The Hall–Kier alpha value is -0.360. The Morgan fingerprint density at radius 1 is 1.22 bits per heavy atom. The maximum Gasteiger partial charge on any atom is 0.210 e. The molecule has 0 saturated carbocycles. The molecule has 1 heterocycles. The third kappa shape index (κ3) is 3.35. The van der Waals surface area contributed by atoms with Crippen LogP contribution < -0.4 is 4.74 Å². The van der Waals surface area contributed by atoms with Crippen LogP contribution in [0.15, 0.2) is 39.3 Å². The van der Waals surface area contributed by atoms with Gasteiger partial charge in [0.25, 0.3) is 0 Å². The van der Waals surface area contributed by atoms with Crippen molar-refractivity contribution < 1.29 is 9.53 Å². The zero-order valence-electron chi connectivity index (χ0n) is 8.95. The highest BCUT2D eigenvalue weighted by Gasteiger charge is 2.12. The van der Waals surface area contributed by atoms with Gasteiger partial charge in [-0.25, -0.2) is 0 Å². The summed E-state index contributed by atoms with van der Waals surface area (Å²) in [5.74, 6) is 0.531. The molecular weight excluding hydrogens is 403 g/mol. The lowest BCUT2D eigenvalue weighted by atomic mass is 10.3. The molecule has 1 aromatic heterocycles. The predicted octanol–water partition coefficient (Wildman–Crippen LogP) is 5.19. The number of Topliss-reactive ketones (excluding diaryl/α,β-unsaturated/α-hetero) is 1. The lowest BCUT2D eigenvalue weighted by Crippen LogP contribution is -2.10. The highest BCUT2D eigenvalue weighted by Crippen LogP contribution is 2.33. The van der Waals surface area contributed by atoms with Crippen molar-refractivity contribution in [2.24, 2.45) is 0 Å². The van der Waals surface area contributed by atoms with Gasteiger partial charge in [0.15, 0.2) is 6.61 Å². The number of halogens is 3. The number of ether oxygens (including phenoxy) is 1. The third-order valence-corrected chi connectivity index (χ3v) is 4.64. The molecule has 0 aliphatic rings. The molecule has 0 radical (unpaired) electrons. The summed E-state index contributed by atoms with van der Waals surface area (Å²) in [7, 11) is 0. The van der Waals surface area contributed by atoms with Gasteiger partial charge < -0.3 is 4.74 Å². The van der Waals surface area contributed by atoms with Crippen molar-refractivity contribution in [2.75, 3.05) is 6.61 Å². The zero-order valence-corrected chi connectivity index (χ0v) is 13.7. The minimum absolute atomic E-state index is 0.0158. The minimum atomic E-state index is -0.0884. The Bertz CT molecular complexity index is 563. The monoisotopic (exact) mass is 408 g/mol. The summed E-state index contributed by atoms with van der Waals surface area (Å²) < 4.78 is 7.71. The molecule has 2 aromatic rings. The van der Waals surface area contributed by atoms with E-state index in [1.54, 1.807) is 12.1 Å². The number of benzene rings is 1. The molecule has 0 unspecified atom stereocenters. The first-order chi connectivity index (χ1) is 8.58. The number of carbonyl (C=O) groups excluding carboxylic acids is 1. The Balaban J connectivity index is 2.06. The van der Waals surface area contributed by atoms with Gasteiger partial charge in [0.2, 0.25) is 5.78 Å². The lowest BCUT2D eigenvalue weighted by molar-refractivity contribution is 0.0924. The first-order valence-electron chi connectivity index (χ1n) is 4.93. The number of carbonyl (C=O) groups is 1. The van der Waals surface area contributed by atoms with E-state index < -0.39 is 0 Å². The molecule has 0 aliphatic heterocycles. The summed E-state index contributed by atoms with van der Waals surface area (Å²) in [6.07, 6.45) is 0. The van der Waals surface area contributed by atoms with E-state index in [0.29, 0.717) is 15.0 Å². The van der Waals surface area contributed by atoms with Crippen molar-refractivity contribution in [2.45, 2.75) is 0 Å². The molecule has 0 amide bonds. The quantitative estimate of drug-likeness (QED) is 0.649. The second-order valence-electron chi connectivity index (χ2n) is 3.37. The fraction of sp³-hybridized carbons (Fsp3) is 0.0833. The van der Waals surface area contributed by atoms with Crippen LogP contribution in [0, 0.1) is 0 Å². The van der Waals surface area contributed by atoms with E-state index in [2.05, 4.69) is 31.9 Å². The van der Waals surface area contributed by atoms with E-state index in [9.17, 15) is 4.79 Å². The molecule has 0 aliphatic carbocycles. The van der Waals surface area contributed by atoms with E-state index >= 15 is 0 Å². The van der Waals surface area contributed by atoms with Gasteiger partial charge in [0.1, 0.15) is 5.75 Å². The van der Waals surface area contributed by atoms with Crippen molar-refractivity contribution in [3.05, 3.63) is 48.5 Å². The van der Waals surface area contributed by atoms with Crippen LogP contribution in [0.3, 0.4) is 0 Å². The molecule has 2 nitrogen and oxygen atoms in total. The van der Waals surface area contributed by atoms with Crippen LogP contribution in [-0.4, -0.2) is 12.4 Å². The maximum absolute atomic E-state index is 11.9. The number of hydrogen-bond acceptors (Lipinski definition) is 3. The Morgan fingerprint density at radius 2 is 1.89 bits per heavy atom. The second-order valence-corrected chi connectivity index (χ2v) is 6.79. The largest absolute Gasteiger partial charge is 0.483 e. The van der Waals surface area contributed by atoms with Crippen LogP contribution in [0.4, 0.5) is 0 Å². The van der Waals surface area contributed by atoms with E-state index in [0.717, 1.165) is 8.95 Å². The maximum atomic E-state index is 11.9. The first-order valence-corrected chi connectivity index (χ1v) is 7.71. The van der Waals surface area contributed by atoms with Gasteiger partial charge in [-0.1, -0.05) is 17.7 Å². The first kappa shape index (κ1) is 14.1. The van der Waals surface area contributed by atoms with Crippen LogP contribution >= 0.6 is 54.8 Å². The van der Waals surface area contributed by atoms with Gasteiger partial charge >= 0.3 is 0 Å². The molecule has 0 fully saturated rings. The molecule has 0 bridgehead atoms.